The second-order valence-electron chi connectivity index (χ2n) is 5.57. The highest BCUT2D eigenvalue weighted by Gasteiger charge is 2.14. The number of nitrogens with one attached hydrogen (secondary N) is 1. The molecule has 2 aromatic rings. The van der Waals surface area contributed by atoms with Crippen molar-refractivity contribution in [3.8, 4) is 0 Å². The fourth-order valence-electron chi connectivity index (χ4n) is 2.33. The molecule has 0 amide bonds. The highest BCUT2D eigenvalue weighted by Crippen LogP contribution is 2.12. The molecule has 5 heteroatoms. The molecule has 0 aromatic heterocycles. The highest BCUT2D eigenvalue weighted by molar-refractivity contribution is 7.89. The van der Waals surface area contributed by atoms with Crippen LogP contribution in [-0.2, 0) is 16.4 Å². The van der Waals surface area contributed by atoms with Gasteiger partial charge < -0.3 is 0 Å². The number of benzene rings is 2. The van der Waals surface area contributed by atoms with Crippen LogP contribution in [0, 0.1) is 6.92 Å². The lowest BCUT2D eigenvalue weighted by atomic mass is 10.1. The molecule has 0 aliphatic carbocycles. The van der Waals surface area contributed by atoms with Crippen molar-refractivity contribution in [3.63, 3.8) is 0 Å². The Hall–Kier alpha value is -1.98. The summed E-state index contributed by atoms with van der Waals surface area (Å²) >= 11 is 0. The summed E-state index contributed by atoms with van der Waals surface area (Å²) in [5.41, 5.74) is 2.79. The Balaban J connectivity index is 1.94. The summed E-state index contributed by atoms with van der Waals surface area (Å²) < 4.78 is 27.1. The van der Waals surface area contributed by atoms with E-state index in [2.05, 4.69) is 10.8 Å². The van der Waals surface area contributed by atoms with Crippen LogP contribution < -0.4 is 4.72 Å². The van der Waals surface area contributed by atoms with Crippen molar-refractivity contribution in [3.05, 3.63) is 65.2 Å². The van der Waals surface area contributed by atoms with Crippen molar-refractivity contribution < 1.29 is 13.2 Å². The molecule has 122 valence electrons. The molecule has 0 saturated carbocycles. The second kappa shape index (κ2) is 7.53. The van der Waals surface area contributed by atoms with Gasteiger partial charge in [-0.15, -0.1) is 0 Å². The maximum Gasteiger partial charge on any atom is 0.240 e. The maximum absolute atomic E-state index is 12.3. The first-order valence-electron chi connectivity index (χ1n) is 7.55. The summed E-state index contributed by atoms with van der Waals surface area (Å²) in [5, 5.41) is 0. The molecule has 1 N–H and O–H groups in total. The SMILES string of the molecule is CC(=O)c1cccc(S(=O)(=O)NCCCc2cccc(C)c2)c1. The van der Waals surface area contributed by atoms with Crippen LogP contribution in [0.15, 0.2) is 53.4 Å². The molecule has 0 unspecified atom stereocenters. The molecule has 4 nitrogen and oxygen atoms in total. The van der Waals surface area contributed by atoms with E-state index in [0.717, 1.165) is 12.8 Å². The number of hydrogen-bond donors (Lipinski definition) is 1. The van der Waals surface area contributed by atoms with E-state index >= 15 is 0 Å². The summed E-state index contributed by atoms with van der Waals surface area (Å²) in [6, 6.07) is 14.3. The minimum atomic E-state index is -3.58. The molecule has 0 aliphatic rings. The van der Waals surface area contributed by atoms with E-state index in [1.165, 1.54) is 30.2 Å². The van der Waals surface area contributed by atoms with Gasteiger partial charge in [0.15, 0.2) is 5.78 Å². The molecule has 2 aromatic carbocycles. The smallest absolute Gasteiger partial charge is 0.240 e. The van der Waals surface area contributed by atoms with Crippen LogP contribution in [-0.4, -0.2) is 20.7 Å². The first-order valence-corrected chi connectivity index (χ1v) is 9.03. The summed E-state index contributed by atoms with van der Waals surface area (Å²) in [7, 11) is -3.58. The molecule has 0 spiro atoms. The van der Waals surface area contributed by atoms with E-state index in [9.17, 15) is 13.2 Å². The third-order valence-electron chi connectivity index (χ3n) is 3.57. The van der Waals surface area contributed by atoms with Gasteiger partial charge in [0.05, 0.1) is 4.90 Å². The summed E-state index contributed by atoms with van der Waals surface area (Å²) in [6.07, 6.45) is 1.53. The number of carbonyl (C=O) groups excluding carboxylic acids is 1. The molecular formula is C18H21NO3S. The fourth-order valence-corrected chi connectivity index (χ4v) is 3.45. The van der Waals surface area contributed by atoms with Gasteiger partial charge in [0, 0.05) is 12.1 Å². The van der Waals surface area contributed by atoms with Crippen LogP contribution in [0.2, 0.25) is 0 Å². The van der Waals surface area contributed by atoms with Crippen molar-refractivity contribution in [1.82, 2.24) is 4.72 Å². The van der Waals surface area contributed by atoms with Crippen molar-refractivity contribution in [2.24, 2.45) is 0 Å². The largest absolute Gasteiger partial charge is 0.295 e. The summed E-state index contributed by atoms with van der Waals surface area (Å²) in [5.74, 6) is -0.151. The first-order chi connectivity index (χ1) is 10.9. The van der Waals surface area contributed by atoms with Gasteiger partial charge in [-0.3, -0.25) is 4.79 Å². The van der Waals surface area contributed by atoms with Crippen molar-refractivity contribution in [2.75, 3.05) is 6.54 Å². The quantitative estimate of drug-likeness (QED) is 0.626. The molecule has 0 aliphatic heterocycles. The van der Waals surface area contributed by atoms with Crippen LogP contribution >= 0.6 is 0 Å². The number of aryl methyl sites for hydroxylation is 2. The zero-order chi connectivity index (χ0) is 16.9. The van der Waals surface area contributed by atoms with Gasteiger partial charge in [0.2, 0.25) is 10.0 Å². The minimum absolute atomic E-state index is 0.126. The van der Waals surface area contributed by atoms with Crippen LogP contribution in [0.25, 0.3) is 0 Å². The van der Waals surface area contributed by atoms with Crippen LogP contribution in [0.4, 0.5) is 0 Å². The molecular weight excluding hydrogens is 310 g/mol. The standard InChI is InChI=1S/C18H21NO3S/c1-14-6-3-7-16(12-14)8-5-11-19-23(21,22)18-10-4-9-17(13-18)15(2)20/h3-4,6-7,9-10,12-13,19H,5,8,11H2,1-2H3. The lowest BCUT2D eigenvalue weighted by molar-refractivity contribution is 0.101. The lowest BCUT2D eigenvalue weighted by Crippen LogP contribution is -2.25. The van der Waals surface area contributed by atoms with Gasteiger partial charge in [-0.1, -0.05) is 42.0 Å². The average Bonchev–Trinajstić information content (AvgIpc) is 2.52. The van der Waals surface area contributed by atoms with Crippen molar-refractivity contribution in [2.45, 2.75) is 31.6 Å². The minimum Gasteiger partial charge on any atom is -0.295 e. The van der Waals surface area contributed by atoms with Gasteiger partial charge in [0.25, 0.3) is 0 Å². The van der Waals surface area contributed by atoms with Gasteiger partial charge >= 0.3 is 0 Å². The van der Waals surface area contributed by atoms with Crippen LogP contribution in [0.5, 0.6) is 0 Å². The molecule has 23 heavy (non-hydrogen) atoms. The Labute approximate surface area is 137 Å². The Morgan fingerprint density at radius 2 is 1.83 bits per heavy atom. The van der Waals surface area contributed by atoms with Crippen molar-refractivity contribution >= 4 is 15.8 Å². The van der Waals surface area contributed by atoms with Gasteiger partial charge in [-0.2, -0.15) is 0 Å². The average molecular weight is 331 g/mol. The lowest BCUT2D eigenvalue weighted by Gasteiger charge is -2.08. The molecule has 0 saturated heterocycles. The normalized spacial score (nSPS) is 11.4. The van der Waals surface area contributed by atoms with E-state index in [0.29, 0.717) is 12.1 Å². The molecule has 0 bridgehead atoms. The summed E-state index contributed by atoms with van der Waals surface area (Å²) in [6.45, 7) is 3.82. The number of rotatable bonds is 7. The Morgan fingerprint density at radius 1 is 1.09 bits per heavy atom. The molecule has 0 heterocycles. The van der Waals surface area contributed by atoms with E-state index in [4.69, 9.17) is 0 Å². The first kappa shape index (κ1) is 17.4. The molecule has 0 fully saturated rings. The van der Waals surface area contributed by atoms with Crippen LogP contribution in [0.1, 0.15) is 34.8 Å². The van der Waals surface area contributed by atoms with Crippen molar-refractivity contribution in [1.29, 1.82) is 0 Å². The topological polar surface area (TPSA) is 63.2 Å². The number of Topliss-reactive ketones (excluding diaryl/α,β-unsaturated/α-hetero) is 1. The molecule has 2 rings (SSSR count). The Bertz CT molecular complexity index is 797. The molecule has 0 radical (unpaired) electrons. The third kappa shape index (κ3) is 5.01. The van der Waals surface area contributed by atoms with E-state index in [1.807, 2.05) is 25.1 Å². The highest BCUT2D eigenvalue weighted by atomic mass is 32.2. The van der Waals surface area contributed by atoms with E-state index in [1.54, 1.807) is 12.1 Å². The monoisotopic (exact) mass is 331 g/mol. The van der Waals surface area contributed by atoms with Gasteiger partial charge in [-0.05, 0) is 44.4 Å². The number of ketones is 1. The maximum atomic E-state index is 12.3. The number of sulfonamides is 1. The summed E-state index contributed by atoms with van der Waals surface area (Å²) in [4.78, 5) is 11.5. The zero-order valence-corrected chi connectivity index (χ0v) is 14.2. The third-order valence-corrected chi connectivity index (χ3v) is 5.03. The van der Waals surface area contributed by atoms with Gasteiger partial charge in [0.1, 0.15) is 0 Å². The fraction of sp³-hybridized carbons (Fsp3) is 0.278. The van der Waals surface area contributed by atoms with E-state index < -0.39 is 10.0 Å². The number of carbonyl (C=O) groups is 1. The zero-order valence-electron chi connectivity index (χ0n) is 13.4. The predicted molar refractivity (Wildman–Crippen MR) is 91.1 cm³/mol. The van der Waals surface area contributed by atoms with E-state index in [-0.39, 0.29) is 10.7 Å². The Kier molecular flexibility index (Phi) is 5.69. The molecule has 0 atom stereocenters. The Morgan fingerprint density at radius 3 is 2.52 bits per heavy atom. The predicted octanol–water partition coefficient (Wildman–Crippen LogP) is 3.11. The van der Waals surface area contributed by atoms with Gasteiger partial charge in [-0.25, -0.2) is 13.1 Å². The van der Waals surface area contributed by atoms with Crippen LogP contribution in [0.3, 0.4) is 0 Å². The second-order valence-corrected chi connectivity index (χ2v) is 7.34. The number of hydrogen-bond acceptors (Lipinski definition) is 3.